The Morgan fingerprint density at radius 1 is 1.11 bits per heavy atom. The Bertz CT molecular complexity index is 928. The number of ether oxygens (including phenoxy) is 2. The number of nitrogens with zero attached hydrogens (tertiary/aromatic N) is 1. The molecule has 140 valence electrons. The number of halogens is 2. The van der Waals surface area contributed by atoms with E-state index < -0.39 is 11.9 Å². The van der Waals surface area contributed by atoms with Gasteiger partial charge < -0.3 is 14.8 Å². The van der Waals surface area contributed by atoms with E-state index in [-0.39, 0.29) is 18.1 Å². The molecule has 1 saturated heterocycles. The van der Waals surface area contributed by atoms with Crippen molar-refractivity contribution in [3.8, 4) is 11.5 Å². The van der Waals surface area contributed by atoms with Gasteiger partial charge in [0.25, 0.3) is 5.91 Å². The molecule has 6 nitrogen and oxygen atoms in total. The molecule has 0 aromatic heterocycles. The van der Waals surface area contributed by atoms with Gasteiger partial charge in [0.15, 0.2) is 11.5 Å². The molecule has 1 aliphatic heterocycles. The normalized spacial score (nSPS) is 15.3. The van der Waals surface area contributed by atoms with Crippen molar-refractivity contribution < 1.29 is 23.5 Å². The largest absolute Gasteiger partial charge is 0.493 e. The highest BCUT2D eigenvalue weighted by Gasteiger charge is 2.33. The van der Waals surface area contributed by atoms with Gasteiger partial charge in [-0.25, -0.2) is 9.18 Å². The van der Waals surface area contributed by atoms with Gasteiger partial charge in [-0.1, -0.05) is 23.7 Å². The number of nitrogens with one attached hydrogen (secondary N) is 1. The summed E-state index contributed by atoms with van der Waals surface area (Å²) in [5.41, 5.74) is 1.20. The van der Waals surface area contributed by atoms with Crippen molar-refractivity contribution in [2.45, 2.75) is 6.54 Å². The highest BCUT2D eigenvalue weighted by molar-refractivity contribution is 6.32. The van der Waals surface area contributed by atoms with Crippen LogP contribution in [0.1, 0.15) is 11.1 Å². The van der Waals surface area contributed by atoms with Gasteiger partial charge in [-0.2, -0.15) is 0 Å². The summed E-state index contributed by atoms with van der Waals surface area (Å²) in [6.45, 7) is 0.0297. The summed E-state index contributed by atoms with van der Waals surface area (Å²) in [4.78, 5) is 25.8. The van der Waals surface area contributed by atoms with E-state index in [4.69, 9.17) is 21.1 Å². The Labute approximate surface area is 160 Å². The number of carbonyl (C=O) groups excluding carboxylic acids is 2. The Morgan fingerprint density at radius 2 is 1.74 bits per heavy atom. The van der Waals surface area contributed by atoms with E-state index in [1.165, 1.54) is 44.6 Å². The first-order valence-electron chi connectivity index (χ1n) is 7.93. The number of benzene rings is 2. The van der Waals surface area contributed by atoms with Crippen LogP contribution in [0.5, 0.6) is 11.5 Å². The molecular formula is C19H16ClFN2O4. The van der Waals surface area contributed by atoms with Crippen LogP contribution in [0, 0.1) is 5.82 Å². The Morgan fingerprint density at radius 3 is 2.37 bits per heavy atom. The van der Waals surface area contributed by atoms with Crippen molar-refractivity contribution in [3.63, 3.8) is 0 Å². The first kappa shape index (κ1) is 18.7. The molecule has 1 fully saturated rings. The summed E-state index contributed by atoms with van der Waals surface area (Å²) in [6.07, 6.45) is 1.47. The second-order valence-electron chi connectivity index (χ2n) is 5.73. The van der Waals surface area contributed by atoms with Gasteiger partial charge in [0.1, 0.15) is 11.5 Å². The molecule has 0 bridgehead atoms. The van der Waals surface area contributed by atoms with Crippen LogP contribution in [0.4, 0.5) is 9.18 Å². The van der Waals surface area contributed by atoms with Crippen molar-refractivity contribution >= 4 is 29.6 Å². The monoisotopic (exact) mass is 390 g/mol. The number of hydrogen-bond acceptors (Lipinski definition) is 4. The average Bonchev–Trinajstić information content (AvgIpc) is 2.92. The summed E-state index contributed by atoms with van der Waals surface area (Å²) in [5, 5.41) is 2.85. The molecule has 1 heterocycles. The van der Waals surface area contributed by atoms with Crippen LogP contribution in [0.2, 0.25) is 5.02 Å². The van der Waals surface area contributed by atoms with Gasteiger partial charge >= 0.3 is 6.03 Å². The predicted octanol–water partition coefficient (Wildman–Crippen LogP) is 3.59. The molecule has 0 saturated carbocycles. The minimum absolute atomic E-state index is 0.0297. The van der Waals surface area contributed by atoms with Gasteiger partial charge in [0.2, 0.25) is 0 Å². The molecule has 2 aromatic carbocycles. The van der Waals surface area contributed by atoms with Crippen LogP contribution in [0.15, 0.2) is 42.1 Å². The lowest BCUT2D eigenvalue weighted by Crippen LogP contribution is -2.30. The minimum atomic E-state index is -0.563. The average molecular weight is 391 g/mol. The standard InChI is InChI=1S/C19H16ClFN2O4/c1-26-16-8-12(14(20)9-17(16)27-2)7-15-18(24)23(19(25)22-15)10-11-3-5-13(21)6-4-11/h3-9H,10H2,1-2H3,(H,22,25)/b15-7+. The molecule has 0 atom stereocenters. The zero-order chi connectivity index (χ0) is 19.6. The molecule has 8 heteroatoms. The molecule has 3 amide bonds. The van der Waals surface area contributed by atoms with E-state index >= 15 is 0 Å². The molecule has 0 unspecified atom stereocenters. The number of urea groups is 1. The van der Waals surface area contributed by atoms with Gasteiger partial charge in [-0.15, -0.1) is 0 Å². The summed E-state index contributed by atoms with van der Waals surface area (Å²) < 4.78 is 23.4. The Hall–Kier alpha value is -3.06. The van der Waals surface area contributed by atoms with Crippen molar-refractivity contribution in [2.75, 3.05) is 14.2 Å². The molecule has 0 aliphatic carbocycles. The van der Waals surface area contributed by atoms with E-state index in [0.717, 1.165) is 4.90 Å². The quantitative estimate of drug-likeness (QED) is 0.625. The van der Waals surface area contributed by atoms with E-state index in [2.05, 4.69) is 5.32 Å². The molecule has 1 N–H and O–H groups in total. The van der Waals surface area contributed by atoms with E-state index in [0.29, 0.717) is 27.6 Å². The summed E-state index contributed by atoms with van der Waals surface area (Å²) in [6, 6.07) is 8.18. The number of methoxy groups -OCH3 is 2. The summed E-state index contributed by atoms with van der Waals surface area (Å²) in [7, 11) is 2.97. The van der Waals surface area contributed by atoms with Gasteiger partial charge in [-0.05, 0) is 35.4 Å². The van der Waals surface area contributed by atoms with Crippen molar-refractivity contribution in [3.05, 3.63) is 64.1 Å². The van der Waals surface area contributed by atoms with Crippen LogP contribution in [-0.4, -0.2) is 31.1 Å². The van der Waals surface area contributed by atoms with Crippen LogP contribution in [0.25, 0.3) is 6.08 Å². The molecule has 3 rings (SSSR count). The zero-order valence-electron chi connectivity index (χ0n) is 14.6. The third-order valence-corrected chi connectivity index (χ3v) is 4.35. The second kappa shape index (κ2) is 7.67. The highest BCUT2D eigenvalue weighted by Crippen LogP contribution is 2.34. The number of rotatable bonds is 5. The Kier molecular flexibility index (Phi) is 5.32. The van der Waals surface area contributed by atoms with E-state index in [9.17, 15) is 14.0 Å². The fraction of sp³-hybridized carbons (Fsp3) is 0.158. The second-order valence-corrected chi connectivity index (χ2v) is 6.14. The van der Waals surface area contributed by atoms with Crippen molar-refractivity contribution in [1.82, 2.24) is 10.2 Å². The minimum Gasteiger partial charge on any atom is -0.493 e. The smallest absolute Gasteiger partial charge is 0.329 e. The lowest BCUT2D eigenvalue weighted by Gasteiger charge is -2.11. The summed E-state index contributed by atoms with van der Waals surface area (Å²) >= 11 is 6.23. The van der Waals surface area contributed by atoms with Crippen LogP contribution < -0.4 is 14.8 Å². The highest BCUT2D eigenvalue weighted by atomic mass is 35.5. The molecule has 1 aliphatic rings. The summed E-state index contributed by atoms with van der Waals surface area (Å²) in [5.74, 6) is -0.00660. The lowest BCUT2D eigenvalue weighted by molar-refractivity contribution is -0.123. The molecule has 27 heavy (non-hydrogen) atoms. The van der Waals surface area contributed by atoms with Crippen molar-refractivity contribution in [1.29, 1.82) is 0 Å². The number of amides is 3. The third-order valence-electron chi connectivity index (χ3n) is 4.02. The maximum atomic E-state index is 13.0. The predicted molar refractivity (Wildman–Crippen MR) is 98.0 cm³/mol. The fourth-order valence-corrected chi connectivity index (χ4v) is 2.83. The van der Waals surface area contributed by atoms with Crippen LogP contribution in [-0.2, 0) is 11.3 Å². The Balaban J connectivity index is 1.87. The third kappa shape index (κ3) is 3.88. The molecule has 0 radical (unpaired) electrons. The maximum absolute atomic E-state index is 13.0. The first-order chi connectivity index (χ1) is 12.9. The first-order valence-corrected chi connectivity index (χ1v) is 8.31. The number of hydrogen-bond donors (Lipinski definition) is 1. The molecule has 0 spiro atoms. The van der Waals surface area contributed by atoms with Crippen molar-refractivity contribution in [2.24, 2.45) is 0 Å². The SMILES string of the molecule is COc1cc(Cl)c(/C=C2/NC(=O)N(Cc3ccc(F)cc3)C2=O)cc1OC. The van der Waals surface area contributed by atoms with Gasteiger partial charge in [0, 0.05) is 6.07 Å². The van der Waals surface area contributed by atoms with Crippen LogP contribution in [0.3, 0.4) is 0 Å². The molecule has 2 aromatic rings. The topological polar surface area (TPSA) is 67.9 Å². The van der Waals surface area contributed by atoms with Gasteiger partial charge in [-0.3, -0.25) is 9.69 Å². The number of imide groups is 1. The molecular weight excluding hydrogens is 375 g/mol. The maximum Gasteiger partial charge on any atom is 0.329 e. The van der Waals surface area contributed by atoms with E-state index in [1.807, 2.05) is 0 Å². The van der Waals surface area contributed by atoms with E-state index in [1.54, 1.807) is 12.1 Å². The zero-order valence-corrected chi connectivity index (χ0v) is 15.3. The fourth-order valence-electron chi connectivity index (χ4n) is 2.62. The number of carbonyl (C=O) groups is 2. The lowest BCUT2D eigenvalue weighted by atomic mass is 10.1. The van der Waals surface area contributed by atoms with Crippen LogP contribution >= 0.6 is 11.6 Å². The van der Waals surface area contributed by atoms with Gasteiger partial charge in [0.05, 0.1) is 25.8 Å².